The molecule has 0 heterocycles. The van der Waals surface area contributed by atoms with Crippen molar-refractivity contribution in [2.24, 2.45) is 5.92 Å². The predicted molar refractivity (Wildman–Crippen MR) is 53.5 cm³/mol. The fourth-order valence-electron chi connectivity index (χ4n) is 2.63. The van der Waals surface area contributed by atoms with Crippen molar-refractivity contribution < 1.29 is 4.79 Å². The van der Waals surface area contributed by atoms with Gasteiger partial charge in [0.15, 0.2) is 5.78 Å². The molecule has 1 fully saturated rings. The molecule has 2 aliphatic carbocycles. The Balaban J connectivity index is 2.21. The molecule has 1 heteroatoms. The molecular formula is C12H18O. The van der Waals surface area contributed by atoms with Gasteiger partial charge in [-0.05, 0) is 44.1 Å². The molecule has 13 heavy (non-hydrogen) atoms. The summed E-state index contributed by atoms with van der Waals surface area (Å²) in [4.78, 5) is 11.6. The van der Waals surface area contributed by atoms with E-state index in [0.29, 0.717) is 11.7 Å². The van der Waals surface area contributed by atoms with Crippen LogP contribution in [-0.4, -0.2) is 5.78 Å². The highest BCUT2D eigenvalue weighted by Gasteiger charge is 2.25. The Morgan fingerprint density at radius 2 is 2.00 bits per heavy atom. The SMILES string of the molecule is CC1=C2CCCCCC(CC1=O)C2. The van der Waals surface area contributed by atoms with Crippen LogP contribution in [0.25, 0.3) is 0 Å². The maximum absolute atomic E-state index is 11.6. The Labute approximate surface area is 80.2 Å². The van der Waals surface area contributed by atoms with Crippen LogP contribution in [0.4, 0.5) is 0 Å². The molecule has 1 nitrogen and oxygen atoms in total. The van der Waals surface area contributed by atoms with Crippen LogP contribution < -0.4 is 0 Å². The minimum absolute atomic E-state index is 0.424. The largest absolute Gasteiger partial charge is 0.295 e. The molecule has 0 aliphatic heterocycles. The van der Waals surface area contributed by atoms with Crippen molar-refractivity contribution in [2.75, 3.05) is 0 Å². The molecule has 0 aromatic carbocycles. The summed E-state index contributed by atoms with van der Waals surface area (Å²) in [5.74, 6) is 1.11. The van der Waals surface area contributed by atoms with E-state index in [9.17, 15) is 4.79 Å². The molecule has 1 saturated carbocycles. The highest BCUT2D eigenvalue weighted by atomic mass is 16.1. The molecular weight excluding hydrogens is 160 g/mol. The summed E-state index contributed by atoms with van der Waals surface area (Å²) in [6.07, 6.45) is 8.52. The smallest absolute Gasteiger partial charge is 0.158 e. The summed E-state index contributed by atoms with van der Waals surface area (Å²) in [7, 11) is 0. The molecule has 72 valence electrons. The Hall–Kier alpha value is -0.590. The van der Waals surface area contributed by atoms with E-state index in [1.807, 2.05) is 6.92 Å². The zero-order valence-electron chi connectivity index (χ0n) is 8.44. The minimum Gasteiger partial charge on any atom is -0.295 e. The van der Waals surface area contributed by atoms with E-state index in [1.54, 1.807) is 0 Å². The average molecular weight is 178 g/mol. The van der Waals surface area contributed by atoms with Crippen molar-refractivity contribution in [3.8, 4) is 0 Å². The molecule has 2 aliphatic rings. The lowest BCUT2D eigenvalue weighted by Crippen LogP contribution is -2.19. The number of hydrogen-bond acceptors (Lipinski definition) is 1. The van der Waals surface area contributed by atoms with Crippen molar-refractivity contribution in [2.45, 2.75) is 51.9 Å². The van der Waals surface area contributed by atoms with Crippen LogP contribution in [0.1, 0.15) is 51.9 Å². The molecule has 0 radical (unpaired) electrons. The van der Waals surface area contributed by atoms with Gasteiger partial charge in [0.05, 0.1) is 0 Å². The van der Waals surface area contributed by atoms with Crippen molar-refractivity contribution in [1.82, 2.24) is 0 Å². The number of ketones is 1. The molecule has 0 aromatic rings. The first kappa shape index (κ1) is 8.98. The van der Waals surface area contributed by atoms with Gasteiger partial charge in [-0.1, -0.05) is 18.4 Å². The Morgan fingerprint density at radius 3 is 2.85 bits per heavy atom. The van der Waals surface area contributed by atoms with Gasteiger partial charge >= 0.3 is 0 Å². The number of fused-ring (bicyclic) bond motifs is 2. The number of allylic oxidation sites excluding steroid dienone is 2. The Kier molecular flexibility index (Phi) is 2.52. The molecule has 2 rings (SSSR count). The van der Waals surface area contributed by atoms with E-state index in [-0.39, 0.29) is 0 Å². The first-order valence-electron chi connectivity index (χ1n) is 5.49. The fraction of sp³-hybridized carbons (Fsp3) is 0.750. The van der Waals surface area contributed by atoms with Gasteiger partial charge in [-0.15, -0.1) is 0 Å². The molecule has 0 amide bonds. The molecule has 0 aromatic heterocycles. The van der Waals surface area contributed by atoms with Crippen LogP contribution in [-0.2, 0) is 4.79 Å². The number of carbonyl (C=O) groups is 1. The monoisotopic (exact) mass is 178 g/mol. The highest BCUT2D eigenvalue weighted by Crippen LogP contribution is 2.35. The first-order valence-corrected chi connectivity index (χ1v) is 5.49. The van der Waals surface area contributed by atoms with Gasteiger partial charge in [0.25, 0.3) is 0 Å². The van der Waals surface area contributed by atoms with Crippen molar-refractivity contribution in [3.05, 3.63) is 11.1 Å². The molecule has 0 N–H and O–H groups in total. The van der Waals surface area contributed by atoms with Gasteiger partial charge in [-0.3, -0.25) is 4.79 Å². The average Bonchev–Trinajstić information content (AvgIpc) is 2.07. The lowest BCUT2D eigenvalue weighted by atomic mass is 9.77. The summed E-state index contributed by atoms with van der Waals surface area (Å²) < 4.78 is 0. The van der Waals surface area contributed by atoms with E-state index >= 15 is 0 Å². The summed E-state index contributed by atoms with van der Waals surface area (Å²) in [6.45, 7) is 2.02. The third-order valence-electron chi connectivity index (χ3n) is 3.55. The summed E-state index contributed by atoms with van der Waals surface area (Å²) in [6, 6.07) is 0. The van der Waals surface area contributed by atoms with Crippen LogP contribution in [0.2, 0.25) is 0 Å². The zero-order valence-corrected chi connectivity index (χ0v) is 8.44. The number of Topliss-reactive ketones (excluding diaryl/α,β-unsaturated/α-hetero) is 1. The second-order valence-corrected chi connectivity index (χ2v) is 4.53. The highest BCUT2D eigenvalue weighted by molar-refractivity contribution is 5.96. The molecule has 0 saturated heterocycles. The normalized spacial score (nSPS) is 29.9. The lowest BCUT2D eigenvalue weighted by molar-refractivity contribution is -0.117. The Bertz CT molecular complexity index is 250. The van der Waals surface area contributed by atoms with E-state index in [1.165, 1.54) is 44.1 Å². The third-order valence-corrected chi connectivity index (χ3v) is 3.55. The van der Waals surface area contributed by atoms with Crippen molar-refractivity contribution in [3.63, 3.8) is 0 Å². The van der Waals surface area contributed by atoms with Gasteiger partial charge in [0, 0.05) is 6.42 Å². The fourth-order valence-corrected chi connectivity index (χ4v) is 2.63. The maximum Gasteiger partial charge on any atom is 0.158 e. The van der Waals surface area contributed by atoms with Gasteiger partial charge in [0.1, 0.15) is 0 Å². The molecule has 2 bridgehead atoms. The van der Waals surface area contributed by atoms with Gasteiger partial charge < -0.3 is 0 Å². The standard InChI is InChI=1S/C12H18O/c1-9-11-6-4-2-3-5-10(7-11)8-12(9)13/h10H,2-8H2,1H3. The van der Waals surface area contributed by atoms with E-state index < -0.39 is 0 Å². The topological polar surface area (TPSA) is 17.1 Å². The Morgan fingerprint density at radius 1 is 1.15 bits per heavy atom. The van der Waals surface area contributed by atoms with Crippen LogP contribution in [0.5, 0.6) is 0 Å². The summed E-state index contributed by atoms with van der Waals surface area (Å²) in [5.41, 5.74) is 2.57. The van der Waals surface area contributed by atoms with Crippen LogP contribution in [0.15, 0.2) is 11.1 Å². The van der Waals surface area contributed by atoms with Crippen molar-refractivity contribution in [1.29, 1.82) is 0 Å². The first-order chi connectivity index (χ1) is 6.27. The van der Waals surface area contributed by atoms with Crippen LogP contribution in [0, 0.1) is 5.92 Å². The second kappa shape index (κ2) is 3.65. The van der Waals surface area contributed by atoms with Crippen LogP contribution in [0.3, 0.4) is 0 Å². The van der Waals surface area contributed by atoms with Crippen LogP contribution >= 0.6 is 0 Å². The number of hydrogen-bond donors (Lipinski definition) is 0. The van der Waals surface area contributed by atoms with Crippen molar-refractivity contribution >= 4 is 5.78 Å². The molecule has 1 atom stereocenters. The predicted octanol–water partition coefficient (Wildman–Crippen LogP) is 3.25. The zero-order chi connectivity index (χ0) is 9.26. The van der Waals surface area contributed by atoms with Gasteiger partial charge in [-0.25, -0.2) is 0 Å². The van der Waals surface area contributed by atoms with E-state index in [0.717, 1.165) is 12.0 Å². The summed E-state index contributed by atoms with van der Waals surface area (Å²) >= 11 is 0. The van der Waals surface area contributed by atoms with E-state index in [4.69, 9.17) is 0 Å². The second-order valence-electron chi connectivity index (χ2n) is 4.53. The third kappa shape index (κ3) is 1.84. The molecule has 0 spiro atoms. The van der Waals surface area contributed by atoms with E-state index in [2.05, 4.69) is 0 Å². The van der Waals surface area contributed by atoms with Gasteiger partial charge in [0.2, 0.25) is 0 Å². The van der Waals surface area contributed by atoms with Gasteiger partial charge in [-0.2, -0.15) is 0 Å². The number of rotatable bonds is 0. The minimum atomic E-state index is 0.424. The lowest BCUT2D eigenvalue weighted by Gasteiger charge is -2.27. The quantitative estimate of drug-likeness (QED) is 0.556. The summed E-state index contributed by atoms with van der Waals surface area (Å²) in [5, 5.41) is 0. The maximum atomic E-state index is 11.6. The number of carbonyl (C=O) groups excluding carboxylic acids is 1. The molecule has 1 unspecified atom stereocenters.